The Hall–Kier alpha value is -1.60. The summed E-state index contributed by atoms with van der Waals surface area (Å²) in [6, 6.07) is 8.08. The van der Waals surface area contributed by atoms with E-state index in [-0.39, 0.29) is 23.2 Å². The summed E-state index contributed by atoms with van der Waals surface area (Å²) in [5.41, 5.74) is 2.54. The van der Waals surface area contributed by atoms with Crippen LogP contribution in [0.4, 0.5) is 0 Å². The summed E-state index contributed by atoms with van der Waals surface area (Å²) < 4.78 is 23.3. The molecule has 1 aliphatic rings. The number of para-hydroxylation sites is 1. The summed E-state index contributed by atoms with van der Waals surface area (Å²) >= 11 is 1.38. The zero-order valence-corrected chi connectivity index (χ0v) is 16.3. The molecule has 0 unspecified atom stereocenters. The molecule has 1 saturated heterocycles. The Kier molecular flexibility index (Phi) is 4.81. The van der Waals surface area contributed by atoms with Crippen molar-refractivity contribution in [1.82, 2.24) is 10.3 Å². The van der Waals surface area contributed by atoms with E-state index in [2.05, 4.69) is 10.3 Å². The molecule has 25 heavy (non-hydrogen) atoms. The summed E-state index contributed by atoms with van der Waals surface area (Å²) in [6.45, 7) is 5.86. The highest BCUT2D eigenvalue weighted by Crippen LogP contribution is 2.26. The van der Waals surface area contributed by atoms with Gasteiger partial charge in [-0.05, 0) is 44.4 Å². The van der Waals surface area contributed by atoms with Crippen molar-refractivity contribution in [2.24, 2.45) is 0 Å². The number of hydrogen-bond donors (Lipinski definition) is 1. The Bertz CT molecular complexity index is 941. The molecule has 1 atom stereocenters. The van der Waals surface area contributed by atoms with E-state index >= 15 is 0 Å². The Labute approximate surface area is 152 Å². The summed E-state index contributed by atoms with van der Waals surface area (Å²) in [6.07, 6.45) is 0.471. The van der Waals surface area contributed by atoms with E-state index in [0.717, 1.165) is 27.1 Å². The van der Waals surface area contributed by atoms with E-state index in [0.29, 0.717) is 6.42 Å². The van der Waals surface area contributed by atoms with Crippen LogP contribution in [0.5, 0.6) is 0 Å². The van der Waals surface area contributed by atoms with Gasteiger partial charge < -0.3 is 5.32 Å². The topological polar surface area (TPSA) is 76.1 Å². The lowest BCUT2D eigenvalue weighted by Crippen LogP contribution is -2.47. The van der Waals surface area contributed by atoms with E-state index in [1.165, 1.54) is 11.8 Å². The van der Waals surface area contributed by atoms with Gasteiger partial charge in [-0.15, -0.1) is 0 Å². The largest absolute Gasteiger partial charge is 0.349 e. The molecule has 1 aromatic carbocycles. The van der Waals surface area contributed by atoms with Gasteiger partial charge in [0.05, 0.1) is 33.3 Å². The molecular formula is C18H22N2O3S2. The van der Waals surface area contributed by atoms with Gasteiger partial charge in [-0.2, -0.15) is 0 Å². The zero-order valence-electron chi connectivity index (χ0n) is 14.6. The van der Waals surface area contributed by atoms with E-state index in [9.17, 15) is 13.2 Å². The number of benzene rings is 1. The minimum atomic E-state index is -3.04. The predicted octanol–water partition coefficient (Wildman–Crippen LogP) is 2.64. The standard InChI is InChI=1S/C18H22N2O3S2/c1-12-5-4-6-14-13(2)9-16(19-17(12)14)24-10-15(21)20-18(3)7-8-25(22,23)11-18/h4-6,9H,7-8,10-11H2,1-3H3,(H,20,21)/t18-/m0/s1. The van der Waals surface area contributed by atoms with Crippen LogP contribution in [-0.4, -0.2) is 42.1 Å². The number of sulfone groups is 1. The molecule has 0 radical (unpaired) electrons. The van der Waals surface area contributed by atoms with Crippen LogP contribution in [0.2, 0.25) is 0 Å². The first-order valence-corrected chi connectivity index (χ1v) is 11.0. The number of amides is 1. The number of carbonyl (C=O) groups is 1. The molecule has 2 heterocycles. The van der Waals surface area contributed by atoms with Crippen LogP contribution >= 0.6 is 11.8 Å². The summed E-state index contributed by atoms with van der Waals surface area (Å²) in [7, 11) is -3.04. The molecule has 1 aliphatic heterocycles. The molecule has 2 aromatic rings. The molecule has 1 fully saturated rings. The van der Waals surface area contributed by atoms with Gasteiger partial charge in [0.15, 0.2) is 9.84 Å². The molecule has 0 aliphatic carbocycles. The normalized spacial score (nSPS) is 22.2. The number of nitrogens with zero attached hydrogens (tertiary/aromatic N) is 1. The van der Waals surface area contributed by atoms with Crippen LogP contribution < -0.4 is 5.32 Å². The van der Waals surface area contributed by atoms with Crippen molar-refractivity contribution in [2.45, 2.75) is 37.8 Å². The van der Waals surface area contributed by atoms with E-state index < -0.39 is 15.4 Å². The molecule has 1 N–H and O–H groups in total. The second-order valence-corrected chi connectivity index (χ2v) is 10.2. The third-order valence-corrected chi connectivity index (χ3v) is 7.33. The molecule has 0 saturated carbocycles. The number of fused-ring (bicyclic) bond motifs is 1. The number of hydrogen-bond acceptors (Lipinski definition) is 5. The average molecular weight is 379 g/mol. The third kappa shape index (κ3) is 4.15. The monoisotopic (exact) mass is 378 g/mol. The van der Waals surface area contributed by atoms with Gasteiger partial charge in [0.1, 0.15) is 0 Å². The van der Waals surface area contributed by atoms with Gasteiger partial charge in [0.25, 0.3) is 0 Å². The molecule has 0 bridgehead atoms. The fourth-order valence-electron chi connectivity index (χ4n) is 3.23. The van der Waals surface area contributed by atoms with Gasteiger partial charge in [0, 0.05) is 5.39 Å². The minimum absolute atomic E-state index is 0.0168. The fraction of sp³-hybridized carbons (Fsp3) is 0.444. The van der Waals surface area contributed by atoms with Crippen LogP contribution in [0.1, 0.15) is 24.5 Å². The lowest BCUT2D eigenvalue weighted by molar-refractivity contribution is -0.120. The Morgan fingerprint density at radius 3 is 2.76 bits per heavy atom. The Balaban J connectivity index is 1.68. The van der Waals surface area contributed by atoms with E-state index in [1.807, 2.05) is 38.1 Å². The lowest BCUT2D eigenvalue weighted by atomic mass is 10.0. The number of nitrogens with one attached hydrogen (secondary N) is 1. The van der Waals surface area contributed by atoms with Crippen molar-refractivity contribution in [2.75, 3.05) is 17.3 Å². The number of carbonyl (C=O) groups excluding carboxylic acids is 1. The Morgan fingerprint density at radius 2 is 2.08 bits per heavy atom. The highest BCUT2D eigenvalue weighted by Gasteiger charge is 2.39. The SMILES string of the molecule is Cc1cc(SCC(=O)N[C@@]2(C)CCS(=O)(=O)C2)nc2c(C)cccc12. The van der Waals surface area contributed by atoms with Crippen LogP contribution in [0.15, 0.2) is 29.3 Å². The van der Waals surface area contributed by atoms with Gasteiger partial charge in [-0.3, -0.25) is 4.79 Å². The molecule has 5 nitrogen and oxygen atoms in total. The number of pyridine rings is 1. The van der Waals surface area contributed by atoms with Crippen molar-refractivity contribution in [3.63, 3.8) is 0 Å². The first kappa shape index (κ1) is 18.2. The second kappa shape index (κ2) is 6.61. The third-order valence-electron chi connectivity index (χ3n) is 4.52. The fourth-order valence-corrected chi connectivity index (χ4v) is 6.09. The quantitative estimate of drug-likeness (QED) is 0.828. The maximum atomic E-state index is 12.2. The molecule has 3 rings (SSSR count). The molecule has 134 valence electrons. The summed E-state index contributed by atoms with van der Waals surface area (Å²) in [5, 5.41) is 4.80. The minimum Gasteiger partial charge on any atom is -0.349 e. The van der Waals surface area contributed by atoms with E-state index in [4.69, 9.17) is 0 Å². The maximum Gasteiger partial charge on any atom is 0.230 e. The van der Waals surface area contributed by atoms with Crippen LogP contribution in [0.3, 0.4) is 0 Å². The van der Waals surface area contributed by atoms with Gasteiger partial charge in [-0.25, -0.2) is 13.4 Å². The molecule has 0 spiro atoms. The first-order chi connectivity index (χ1) is 11.7. The van der Waals surface area contributed by atoms with Crippen molar-refractivity contribution < 1.29 is 13.2 Å². The highest BCUT2D eigenvalue weighted by atomic mass is 32.2. The van der Waals surface area contributed by atoms with Crippen molar-refractivity contribution >= 4 is 38.4 Å². The van der Waals surface area contributed by atoms with E-state index in [1.54, 1.807) is 6.92 Å². The lowest BCUT2D eigenvalue weighted by Gasteiger charge is -2.23. The van der Waals surface area contributed by atoms with Crippen LogP contribution in [0.25, 0.3) is 10.9 Å². The molecule has 7 heteroatoms. The highest BCUT2D eigenvalue weighted by molar-refractivity contribution is 7.99. The average Bonchev–Trinajstić information content (AvgIpc) is 2.79. The number of aromatic nitrogens is 1. The second-order valence-electron chi connectivity index (χ2n) is 6.99. The molecule has 1 amide bonds. The molecule has 1 aromatic heterocycles. The summed E-state index contributed by atoms with van der Waals surface area (Å²) in [4.78, 5) is 16.9. The number of thioether (sulfide) groups is 1. The van der Waals surface area contributed by atoms with Crippen molar-refractivity contribution in [1.29, 1.82) is 0 Å². The van der Waals surface area contributed by atoms with Crippen LogP contribution in [0, 0.1) is 13.8 Å². The predicted molar refractivity (Wildman–Crippen MR) is 102 cm³/mol. The number of rotatable bonds is 4. The summed E-state index contributed by atoms with van der Waals surface area (Å²) in [5.74, 6) is 0.221. The molecular weight excluding hydrogens is 356 g/mol. The van der Waals surface area contributed by atoms with Crippen LogP contribution in [-0.2, 0) is 14.6 Å². The van der Waals surface area contributed by atoms with Crippen molar-refractivity contribution in [3.05, 3.63) is 35.4 Å². The smallest absolute Gasteiger partial charge is 0.230 e. The first-order valence-electron chi connectivity index (χ1n) is 8.19. The van der Waals surface area contributed by atoms with Crippen molar-refractivity contribution in [3.8, 4) is 0 Å². The number of aryl methyl sites for hydroxylation is 2. The van der Waals surface area contributed by atoms with Gasteiger partial charge >= 0.3 is 0 Å². The maximum absolute atomic E-state index is 12.2. The Morgan fingerprint density at radius 1 is 1.32 bits per heavy atom. The van der Waals surface area contributed by atoms with Gasteiger partial charge in [0.2, 0.25) is 5.91 Å². The van der Waals surface area contributed by atoms with Gasteiger partial charge in [-0.1, -0.05) is 30.0 Å². The zero-order chi connectivity index (χ0) is 18.2.